The number of nitrogens with one attached hydrogen (secondary N) is 2. The third-order valence-electron chi connectivity index (χ3n) is 7.62. The lowest BCUT2D eigenvalue weighted by Crippen LogP contribution is -2.52. The number of aliphatic hydroxyl groups excluding tert-OH is 1. The highest BCUT2D eigenvalue weighted by atomic mass is 35.5. The smallest absolute Gasteiger partial charge is 0.266 e. The van der Waals surface area contributed by atoms with Gasteiger partial charge < -0.3 is 19.3 Å². The zero-order valence-electron chi connectivity index (χ0n) is 25.7. The second-order valence-electron chi connectivity index (χ2n) is 10.8. The van der Waals surface area contributed by atoms with Crippen molar-refractivity contribution in [2.75, 3.05) is 26.9 Å². The SMILES string of the molecule is COc1cccc([C@@H]2OC(c3ccc(OCCCO)cc3)=N[C@]2(C/C=C/c2ccccc2)C(=O)NNCCc2ccc(Cl)cc2)c1. The van der Waals surface area contributed by atoms with Gasteiger partial charge in [-0.15, -0.1) is 0 Å². The molecule has 3 N–H and O–H groups in total. The van der Waals surface area contributed by atoms with Crippen LogP contribution in [0, 0.1) is 0 Å². The van der Waals surface area contributed by atoms with Crippen LogP contribution < -0.4 is 20.3 Å². The number of carbonyl (C=O) groups is 1. The van der Waals surface area contributed by atoms with Crippen molar-refractivity contribution >= 4 is 29.5 Å². The molecule has 4 aromatic carbocycles. The molecule has 2 atom stereocenters. The monoisotopic (exact) mass is 639 g/mol. The number of halogens is 1. The van der Waals surface area contributed by atoms with Crippen molar-refractivity contribution in [1.82, 2.24) is 10.9 Å². The Morgan fingerprint density at radius 1 is 1.00 bits per heavy atom. The number of carbonyl (C=O) groups excluding carboxylic acids is 1. The second-order valence-corrected chi connectivity index (χ2v) is 11.3. The minimum Gasteiger partial charge on any atom is -0.497 e. The number of nitrogens with zero attached hydrogens (tertiary/aromatic N) is 1. The van der Waals surface area contributed by atoms with Crippen LogP contribution in [0.15, 0.2) is 114 Å². The summed E-state index contributed by atoms with van der Waals surface area (Å²) in [5.74, 6) is 1.33. The van der Waals surface area contributed by atoms with Crippen molar-refractivity contribution in [3.63, 3.8) is 0 Å². The Labute approximate surface area is 274 Å². The summed E-state index contributed by atoms with van der Waals surface area (Å²) in [5.41, 5.74) is 8.24. The van der Waals surface area contributed by atoms with Crippen LogP contribution in [0.25, 0.3) is 6.08 Å². The number of methoxy groups -OCH3 is 1. The molecule has 46 heavy (non-hydrogen) atoms. The fourth-order valence-corrected chi connectivity index (χ4v) is 5.29. The average Bonchev–Trinajstić information content (AvgIpc) is 3.49. The van der Waals surface area contributed by atoms with E-state index in [1.165, 1.54) is 0 Å². The second kappa shape index (κ2) is 16.1. The molecule has 0 spiro atoms. The Morgan fingerprint density at radius 2 is 1.78 bits per heavy atom. The van der Waals surface area contributed by atoms with Gasteiger partial charge in [-0.05, 0) is 71.6 Å². The normalized spacial score (nSPS) is 17.4. The first-order valence-electron chi connectivity index (χ1n) is 15.2. The third-order valence-corrected chi connectivity index (χ3v) is 7.87. The van der Waals surface area contributed by atoms with Gasteiger partial charge in [-0.2, -0.15) is 0 Å². The maximum atomic E-state index is 14.3. The van der Waals surface area contributed by atoms with Crippen molar-refractivity contribution in [3.05, 3.63) is 136 Å². The average molecular weight is 640 g/mol. The van der Waals surface area contributed by atoms with Crippen molar-refractivity contribution in [2.45, 2.75) is 30.9 Å². The Hall–Kier alpha value is -4.63. The van der Waals surface area contributed by atoms with E-state index in [0.717, 1.165) is 16.7 Å². The van der Waals surface area contributed by atoms with Crippen LogP contribution in [0.1, 0.15) is 41.2 Å². The predicted molar refractivity (Wildman–Crippen MR) is 181 cm³/mol. The van der Waals surface area contributed by atoms with Gasteiger partial charge in [-0.1, -0.05) is 78.4 Å². The first kappa shape index (κ1) is 32.8. The third kappa shape index (κ3) is 8.34. The van der Waals surface area contributed by atoms with Gasteiger partial charge in [0.05, 0.1) is 13.7 Å². The molecule has 4 aromatic rings. The number of amides is 1. The molecule has 9 heteroatoms. The van der Waals surface area contributed by atoms with Gasteiger partial charge in [0.25, 0.3) is 5.91 Å². The summed E-state index contributed by atoms with van der Waals surface area (Å²) in [4.78, 5) is 19.3. The number of benzene rings is 4. The summed E-state index contributed by atoms with van der Waals surface area (Å²) in [5, 5.41) is 9.75. The topological polar surface area (TPSA) is 101 Å². The molecule has 1 aliphatic rings. The van der Waals surface area contributed by atoms with Gasteiger partial charge in [0, 0.05) is 36.6 Å². The number of hydrazine groups is 1. The Balaban J connectivity index is 1.46. The molecule has 1 amide bonds. The van der Waals surface area contributed by atoms with Crippen molar-refractivity contribution in [1.29, 1.82) is 0 Å². The van der Waals surface area contributed by atoms with Gasteiger partial charge >= 0.3 is 0 Å². The number of hydrogen-bond donors (Lipinski definition) is 3. The van der Waals surface area contributed by atoms with Gasteiger partial charge in [-0.3, -0.25) is 10.2 Å². The largest absolute Gasteiger partial charge is 0.497 e. The fourth-order valence-electron chi connectivity index (χ4n) is 5.17. The molecule has 0 saturated heterocycles. The minimum atomic E-state index is -1.35. The Kier molecular flexibility index (Phi) is 11.5. The molecule has 0 radical (unpaired) electrons. The van der Waals surface area contributed by atoms with Crippen molar-refractivity contribution < 1.29 is 24.1 Å². The molecule has 1 heterocycles. The van der Waals surface area contributed by atoms with Crippen LogP contribution in [0.2, 0.25) is 5.02 Å². The van der Waals surface area contributed by atoms with E-state index >= 15 is 0 Å². The van der Waals surface area contributed by atoms with E-state index in [1.807, 2.05) is 115 Å². The van der Waals surface area contributed by atoms with Gasteiger partial charge in [0.2, 0.25) is 5.90 Å². The lowest BCUT2D eigenvalue weighted by atomic mass is 9.84. The quantitative estimate of drug-likeness (QED) is 0.104. The van der Waals surface area contributed by atoms with Crippen LogP contribution in [0.5, 0.6) is 11.5 Å². The van der Waals surface area contributed by atoms with Crippen molar-refractivity contribution in [3.8, 4) is 11.5 Å². The Morgan fingerprint density at radius 3 is 2.52 bits per heavy atom. The standard InChI is InChI=1S/C37H38ClN3O5/c1-44-33-12-5-11-30(26-33)34-37(22-6-10-27-8-3-2-4-9-27,36(43)41-39-23-21-28-13-17-31(38)18-14-28)40-35(46-34)29-15-19-32(20-16-29)45-25-7-24-42/h2-6,8-20,26,34,39,42H,7,21-25H2,1H3,(H,41,43)/b10-6+/t34-,37-/m0/s1. The van der Waals surface area contributed by atoms with E-state index in [2.05, 4.69) is 10.9 Å². The minimum absolute atomic E-state index is 0.0627. The highest BCUT2D eigenvalue weighted by Gasteiger charge is 2.52. The van der Waals surface area contributed by atoms with E-state index in [0.29, 0.717) is 54.0 Å². The van der Waals surface area contributed by atoms with E-state index in [1.54, 1.807) is 7.11 Å². The number of aliphatic hydroxyl groups is 1. The molecule has 8 nitrogen and oxygen atoms in total. The molecule has 0 aromatic heterocycles. The first-order valence-corrected chi connectivity index (χ1v) is 15.6. The maximum Gasteiger partial charge on any atom is 0.266 e. The van der Waals surface area contributed by atoms with E-state index in [-0.39, 0.29) is 18.9 Å². The van der Waals surface area contributed by atoms with E-state index < -0.39 is 11.6 Å². The maximum absolute atomic E-state index is 14.3. The summed E-state index contributed by atoms with van der Waals surface area (Å²) < 4.78 is 17.8. The first-order chi connectivity index (χ1) is 22.5. The van der Waals surface area contributed by atoms with Gasteiger partial charge in [0.15, 0.2) is 11.6 Å². The number of ether oxygens (including phenoxy) is 3. The van der Waals surface area contributed by atoms with Crippen LogP contribution in [0.3, 0.4) is 0 Å². The van der Waals surface area contributed by atoms with E-state index in [4.69, 9.17) is 35.9 Å². The molecule has 0 aliphatic carbocycles. The summed E-state index contributed by atoms with van der Waals surface area (Å²) in [7, 11) is 1.61. The van der Waals surface area contributed by atoms with E-state index in [9.17, 15) is 4.79 Å². The lowest BCUT2D eigenvalue weighted by molar-refractivity contribution is -0.129. The molecule has 0 saturated carbocycles. The van der Waals surface area contributed by atoms with Gasteiger partial charge in [0.1, 0.15) is 11.5 Å². The zero-order valence-corrected chi connectivity index (χ0v) is 26.5. The molecule has 0 unspecified atom stereocenters. The molecule has 1 aliphatic heterocycles. The van der Waals surface area contributed by atoms with Gasteiger partial charge in [-0.25, -0.2) is 10.4 Å². The summed E-state index contributed by atoms with van der Waals surface area (Å²) in [6.07, 6.45) is 4.69. The van der Waals surface area contributed by atoms with Crippen molar-refractivity contribution in [2.24, 2.45) is 4.99 Å². The molecular weight excluding hydrogens is 602 g/mol. The number of rotatable bonds is 15. The molecule has 0 bridgehead atoms. The molecule has 238 valence electrons. The number of hydrogen-bond acceptors (Lipinski definition) is 7. The van der Waals surface area contributed by atoms with Crippen LogP contribution in [-0.2, 0) is 16.0 Å². The zero-order chi connectivity index (χ0) is 32.2. The summed E-state index contributed by atoms with van der Waals surface area (Å²) in [6.45, 7) is 0.975. The highest BCUT2D eigenvalue weighted by Crippen LogP contribution is 2.43. The lowest BCUT2D eigenvalue weighted by Gasteiger charge is -2.30. The van der Waals surface area contributed by atoms with Crippen LogP contribution >= 0.6 is 11.6 Å². The summed E-state index contributed by atoms with van der Waals surface area (Å²) in [6, 6.07) is 32.4. The summed E-state index contributed by atoms with van der Waals surface area (Å²) >= 11 is 6.03. The Bertz CT molecular complexity index is 1630. The fraction of sp³-hybridized carbons (Fsp3) is 0.243. The molecular formula is C37H38ClN3O5. The molecule has 5 rings (SSSR count). The van der Waals surface area contributed by atoms with Crippen LogP contribution in [0.4, 0.5) is 0 Å². The highest BCUT2D eigenvalue weighted by molar-refractivity contribution is 6.30. The number of aliphatic imine (C=N–C) groups is 1. The van der Waals surface area contributed by atoms with Crippen LogP contribution in [-0.4, -0.2) is 49.3 Å². The predicted octanol–water partition coefficient (Wildman–Crippen LogP) is 6.33. The molecule has 0 fully saturated rings.